The lowest BCUT2D eigenvalue weighted by molar-refractivity contribution is 0.0388. The highest BCUT2D eigenvalue weighted by atomic mass is 16.5. The predicted molar refractivity (Wildman–Crippen MR) is 74.3 cm³/mol. The molecule has 5 nitrogen and oxygen atoms in total. The lowest BCUT2D eigenvalue weighted by atomic mass is 10.0. The van der Waals surface area contributed by atoms with E-state index in [2.05, 4.69) is 10.3 Å². The molecule has 1 amide bonds. The molecule has 0 saturated carbocycles. The van der Waals surface area contributed by atoms with Gasteiger partial charge in [-0.15, -0.1) is 0 Å². The van der Waals surface area contributed by atoms with E-state index in [0.29, 0.717) is 11.5 Å². The van der Waals surface area contributed by atoms with Gasteiger partial charge in [0.2, 0.25) is 0 Å². The van der Waals surface area contributed by atoms with Crippen molar-refractivity contribution in [3.8, 4) is 0 Å². The van der Waals surface area contributed by atoms with E-state index >= 15 is 0 Å². The fraction of sp³-hybridized carbons (Fsp3) is 0.571. The van der Waals surface area contributed by atoms with E-state index in [1.54, 1.807) is 24.2 Å². The number of ether oxygens (including phenoxy) is 1. The Morgan fingerprint density at radius 2 is 2.42 bits per heavy atom. The Labute approximate surface area is 114 Å². The second-order valence-electron chi connectivity index (χ2n) is 4.95. The van der Waals surface area contributed by atoms with Crippen LogP contribution in [0.15, 0.2) is 18.3 Å². The SMILES string of the molecule is CNc1ccc(C(=O)N(C)CC2CCCOC2)cn1. The van der Waals surface area contributed by atoms with Crippen LogP contribution in [0.2, 0.25) is 0 Å². The van der Waals surface area contributed by atoms with Crippen molar-refractivity contribution in [2.24, 2.45) is 5.92 Å². The van der Waals surface area contributed by atoms with Crippen molar-refractivity contribution in [1.29, 1.82) is 0 Å². The minimum Gasteiger partial charge on any atom is -0.381 e. The molecule has 2 rings (SSSR count). The molecule has 5 heteroatoms. The zero-order chi connectivity index (χ0) is 13.7. The van der Waals surface area contributed by atoms with Gasteiger partial charge in [0.05, 0.1) is 12.2 Å². The Morgan fingerprint density at radius 3 is 3.00 bits per heavy atom. The van der Waals surface area contributed by atoms with E-state index in [0.717, 1.165) is 38.4 Å². The second kappa shape index (κ2) is 6.52. The lowest BCUT2D eigenvalue weighted by Crippen LogP contribution is -2.35. The number of anilines is 1. The third-order valence-corrected chi connectivity index (χ3v) is 3.40. The maximum atomic E-state index is 12.2. The van der Waals surface area contributed by atoms with Crippen LogP contribution in [-0.4, -0.2) is 49.6 Å². The molecule has 19 heavy (non-hydrogen) atoms. The standard InChI is InChI=1S/C14H21N3O2/c1-15-13-6-5-12(8-16-13)14(18)17(2)9-11-4-3-7-19-10-11/h5-6,8,11H,3-4,7,9-10H2,1-2H3,(H,15,16). The molecule has 1 aromatic rings. The normalized spacial score (nSPS) is 18.9. The summed E-state index contributed by atoms with van der Waals surface area (Å²) in [7, 11) is 3.64. The van der Waals surface area contributed by atoms with Gasteiger partial charge < -0.3 is 15.0 Å². The highest BCUT2D eigenvalue weighted by Crippen LogP contribution is 2.15. The Morgan fingerprint density at radius 1 is 1.58 bits per heavy atom. The number of carbonyl (C=O) groups is 1. The molecule has 0 radical (unpaired) electrons. The van der Waals surface area contributed by atoms with E-state index in [4.69, 9.17) is 4.74 Å². The molecular formula is C14H21N3O2. The van der Waals surface area contributed by atoms with Crippen molar-refractivity contribution in [3.05, 3.63) is 23.9 Å². The summed E-state index contributed by atoms with van der Waals surface area (Å²) in [5.74, 6) is 1.23. The Hall–Kier alpha value is -1.62. The minimum atomic E-state index is 0.0146. The highest BCUT2D eigenvalue weighted by molar-refractivity contribution is 5.93. The van der Waals surface area contributed by atoms with Crippen molar-refractivity contribution in [2.75, 3.05) is 39.2 Å². The molecule has 0 aromatic carbocycles. The second-order valence-corrected chi connectivity index (χ2v) is 4.95. The van der Waals surface area contributed by atoms with Crippen LogP contribution in [0.3, 0.4) is 0 Å². The maximum Gasteiger partial charge on any atom is 0.255 e. The largest absolute Gasteiger partial charge is 0.381 e. The summed E-state index contributed by atoms with van der Waals surface area (Å²) in [6, 6.07) is 3.61. The van der Waals surface area contributed by atoms with E-state index in [-0.39, 0.29) is 5.91 Å². The first-order chi connectivity index (χ1) is 9.20. The van der Waals surface area contributed by atoms with Crippen LogP contribution >= 0.6 is 0 Å². The number of hydrogen-bond donors (Lipinski definition) is 1. The number of hydrogen-bond acceptors (Lipinski definition) is 4. The van der Waals surface area contributed by atoms with Gasteiger partial charge in [0.1, 0.15) is 5.82 Å². The highest BCUT2D eigenvalue weighted by Gasteiger charge is 2.19. The third-order valence-electron chi connectivity index (χ3n) is 3.40. The zero-order valence-corrected chi connectivity index (χ0v) is 11.6. The zero-order valence-electron chi connectivity index (χ0n) is 11.6. The number of rotatable bonds is 4. The molecule has 1 aliphatic heterocycles. The molecule has 104 valence electrons. The molecule has 1 N–H and O–H groups in total. The van der Waals surface area contributed by atoms with Gasteiger partial charge in [0.25, 0.3) is 5.91 Å². The fourth-order valence-electron chi connectivity index (χ4n) is 2.31. The van der Waals surface area contributed by atoms with E-state index in [1.807, 2.05) is 13.1 Å². The molecule has 0 aliphatic carbocycles. The van der Waals surface area contributed by atoms with Crippen LogP contribution in [0.5, 0.6) is 0 Å². The summed E-state index contributed by atoms with van der Waals surface area (Å²) in [5, 5.41) is 2.94. The van der Waals surface area contributed by atoms with E-state index in [1.165, 1.54) is 0 Å². The van der Waals surface area contributed by atoms with Crippen molar-refractivity contribution in [2.45, 2.75) is 12.8 Å². The van der Waals surface area contributed by atoms with Crippen molar-refractivity contribution in [1.82, 2.24) is 9.88 Å². The van der Waals surface area contributed by atoms with Crippen molar-refractivity contribution >= 4 is 11.7 Å². The number of nitrogens with one attached hydrogen (secondary N) is 1. The topological polar surface area (TPSA) is 54.5 Å². The molecule has 1 fully saturated rings. The van der Waals surface area contributed by atoms with Gasteiger partial charge in [-0.25, -0.2) is 4.98 Å². The van der Waals surface area contributed by atoms with Crippen LogP contribution < -0.4 is 5.32 Å². The van der Waals surface area contributed by atoms with Gasteiger partial charge in [-0.05, 0) is 30.9 Å². The molecular weight excluding hydrogens is 242 g/mol. The minimum absolute atomic E-state index is 0.0146. The number of pyridine rings is 1. The van der Waals surface area contributed by atoms with Gasteiger partial charge >= 0.3 is 0 Å². The van der Waals surface area contributed by atoms with Crippen LogP contribution in [0.4, 0.5) is 5.82 Å². The summed E-state index contributed by atoms with van der Waals surface area (Å²) in [4.78, 5) is 18.2. The molecule has 1 saturated heterocycles. The quantitative estimate of drug-likeness (QED) is 0.897. The lowest BCUT2D eigenvalue weighted by Gasteiger charge is -2.27. The molecule has 2 heterocycles. The predicted octanol–water partition coefficient (Wildman–Crippen LogP) is 1.62. The summed E-state index contributed by atoms with van der Waals surface area (Å²) in [6.45, 7) is 2.35. The van der Waals surface area contributed by atoms with Gasteiger partial charge in [0.15, 0.2) is 0 Å². The van der Waals surface area contributed by atoms with E-state index < -0.39 is 0 Å². The van der Waals surface area contributed by atoms with Crippen molar-refractivity contribution in [3.63, 3.8) is 0 Å². The molecule has 0 bridgehead atoms. The van der Waals surface area contributed by atoms with Crippen LogP contribution in [0, 0.1) is 5.92 Å². The number of carbonyl (C=O) groups excluding carboxylic acids is 1. The smallest absolute Gasteiger partial charge is 0.255 e. The average Bonchev–Trinajstić information content (AvgIpc) is 2.47. The number of amides is 1. The van der Waals surface area contributed by atoms with Crippen LogP contribution in [0.1, 0.15) is 23.2 Å². The molecule has 1 aromatic heterocycles. The molecule has 1 atom stereocenters. The summed E-state index contributed by atoms with van der Waals surface area (Å²) >= 11 is 0. The van der Waals surface area contributed by atoms with Gasteiger partial charge in [-0.1, -0.05) is 0 Å². The first-order valence-corrected chi connectivity index (χ1v) is 6.67. The summed E-state index contributed by atoms with van der Waals surface area (Å²) in [5.41, 5.74) is 0.623. The number of nitrogens with zero attached hydrogens (tertiary/aromatic N) is 2. The summed E-state index contributed by atoms with van der Waals surface area (Å²) < 4.78 is 5.44. The number of aromatic nitrogens is 1. The van der Waals surface area contributed by atoms with Crippen LogP contribution in [0.25, 0.3) is 0 Å². The van der Waals surface area contributed by atoms with Gasteiger partial charge in [-0.2, -0.15) is 0 Å². The van der Waals surface area contributed by atoms with Gasteiger partial charge in [0, 0.05) is 33.4 Å². The Kier molecular flexibility index (Phi) is 4.74. The first kappa shape index (κ1) is 13.8. The Balaban J connectivity index is 1.93. The molecule has 1 aliphatic rings. The summed E-state index contributed by atoms with van der Waals surface area (Å²) in [6.07, 6.45) is 3.84. The molecule has 0 spiro atoms. The maximum absolute atomic E-state index is 12.2. The Bertz CT molecular complexity index is 413. The fourth-order valence-corrected chi connectivity index (χ4v) is 2.31. The molecule has 1 unspecified atom stereocenters. The first-order valence-electron chi connectivity index (χ1n) is 6.67. The van der Waals surface area contributed by atoms with E-state index in [9.17, 15) is 4.79 Å². The monoisotopic (exact) mass is 263 g/mol. The average molecular weight is 263 g/mol. The van der Waals surface area contributed by atoms with Crippen LogP contribution in [-0.2, 0) is 4.74 Å². The van der Waals surface area contributed by atoms with Gasteiger partial charge in [-0.3, -0.25) is 4.79 Å². The third kappa shape index (κ3) is 3.67. The van der Waals surface area contributed by atoms with Crippen molar-refractivity contribution < 1.29 is 9.53 Å².